The Hall–Kier alpha value is -0.120. The van der Waals surface area contributed by atoms with Crippen molar-refractivity contribution < 1.29 is 5.11 Å². The lowest BCUT2D eigenvalue weighted by molar-refractivity contribution is 0.0214. The van der Waals surface area contributed by atoms with Crippen LogP contribution < -0.4 is 5.73 Å². The van der Waals surface area contributed by atoms with E-state index < -0.39 is 5.60 Å². The standard InChI is InChI=1S/C14H32N2O/c1-6-7-8-9-16(12(2)3)13(4)10-14(5,17)11-15/h12-13,17H,6-11,15H2,1-5H3. The molecule has 0 saturated heterocycles. The molecule has 104 valence electrons. The number of hydrogen-bond donors (Lipinski definition) is 2. The van der Waals surface area contributed by atoms with E-state index in [1.54, 1.807) is 0 Å². The molecule has 17 heavy (non-hydrogen) atoms. The summed E-state index contributed by atoms with van der Waals surface area (Å²) in [6.07, 6.45) is 4.52. The molecule has 3 N–H and O–H groups in total. The van der Waals surface area contributed by atoms with Gasteiger partial charge in [0.1, 0.15) is 0 Å². The molecule has 0 saturated carbocycles. The summed E-state index contributed by atoms with van der Waals surface area (Å²) in [6.45, 7) is 12.1. The molecule has 0 aliphatic heterocycles. The van der Waals surface area contributed by atoms with E-state index in [9.17, 15) is 5.11 Å². The minimum Gasteiger partial charge on any atom is -0.389 e. The fourth-order valence-corrected chi connectivity index (χ4v) is 2.37. The van der Waals surface area contributed by atoms with Crippen LogP contribution in [0.1, 0.15) is 60.3 Å². The molecule has 2 unspecified atom stereocenters. The first kappa shape index (κ1) is 16.9. The zero-order chi connectivity index (χ0) is 13.5. The van der Waals surface area contributed by atoms with Gasteiger partial charge in [-0.25, -0.2) is 0 Å². The van der Waals surface area contributed by atoms with Gasteiger partial charge in [-0.1, -0.05) is 19.8 Å². The predicted octanol–water partition coefficient (Wildman–Crippen LogP) is 2.38. The number of aliphatic hydroxyl groups is 1. The fraction of sp³-hybridized carbons (Fsp3) is 1.00. The molecule has 0 aliphatic carbocycles. The van der Waals surface area contributed by atoms with Crippen molar-refractivity contribution in [3.05, 3.63) is 0 Å². The maximum atomic E-state index is 10.0. The van der Waals surface area contributed by atoms with Crippen LogP contribution in [0, 0.1) is 0 Å². The Kier molecular flexibility index (Phi) is 8.01. The molecular weight excluding hydrogens is 212 g/mol. The fourth-order valence-electron chi connectivity index (χ4n) is 2.37. The van der Waals surface area contributed by atoms with Crippen LogP contribution in [0.5, 0.6) is 0 Å². The van der Waals surface area contributed by atoms with Gasteiger partial charge in [0.15, 0.2) is 0 Å². The SMILES string of the molecule is CCCCCN(C(C)C)C(C)CC(C)(O)CN. The van der Waals surface area contributed by atoms with Crippen LogP contribution in [0.3, 0.4) is 0 Å². The van der Waals surface area contributed by atoms with Crippen molar-refractivity contribution in [3.63, 3.8) is 0 Å². The van der Waals surface area contributed by atoms with Gasteiger partial charge in [-0.15, -0.1) is 0 Å². The maximum absolute atomic E-state index is 10.0. The van der Waals surface area contributed by atoms with E-state index >= 15 is 0 Å². The monoisotopic (exact) mass is 244 g/mol. The van der Waals surface area contributed by atoms with Crippen molar-refractivity contribution in [2.45, 2.75) is 78.0 Å². The average Bonchev–Trinajstić information content (AvgIpc) is 2.23. The van der Waals surface area contributed by atoms with E-state index in [1.807, 2.05) is 6.92 Å². The highest BCUT2D eigenvalue weighted by atomic mass is 16.3. The normalized spacial score (nSPS) is 17.5. The Morgan fingerprint density at radius 2 is 1.82 bits per heavy atom. The Balaban J connectivity index is 4.28. The number of hydrogen-bond acceptors (Lipinski definition) is 3. The number of unbranched alkanes of at least 4 members (excludes halogenated alkanes) is 2. The predicted molar refractivity (Wildman–Crippen MR) is 75.1 cm³/mol. The third-order valence-corrected chi connectivity index (χ3v) is 3.42. The second-order valence-corrected chi connectivity index (χ2v) is 5.79. The second-order valence-electron chi connectivity index (χ2n) is 5.79. The van der Waals surface area contributed by atoms with E-state index in [-0.39, 0.29) is 0 Å². The molecule has 0 radical (unpaired) electrons. The van der Waals surface area contributed by atoms with Gasteiger partial charge in [0, 0.05) is 18.6 Å². The molecular formula is C14H32N2O. The molecule has 3 heteroatoms. The van der Waals surface area contributed by atoms with Gasteiger partial charge in [-0.05, 0) is 47.1 Å². The lowest BCUT2D eigenvalue weighted by Gasteiger charge is -2.36. The topological polar surface area (TPSA) is 49.5 Å². The second kappa shape index (κ2) is 8.06. The molecule has 0 spiro atoms. The van der Waals surface area contributed by atoms with Crippen LogP contribution in [0.4, 0.5) is 0 Å². The summed E-state index contributed by atoms with van der Waals surface area (Å²) in [4.78, 5) is 2.47. The summed E-state index contributed by atoms with van der Waals surface area (Å²) in [6, 6.07) is 0.904. The molecule has 0 aromatic heterocycles. The highest BCUT2D eigenvalue weighted by molar-refractivity contribution is 4.82. The minimum absolute atomic E-state index is 0.332. The summed E-state index contributed by atoms with van der Waals surface area (Å²) in [5.74, 6) is 0. The summed E-state index contributed by atoms with van der Waals surface area (Å²) >= 11 is 0. The quantitative estimate of drug-likeness (QED) is 0.612. The minimum atomic E-state index is -0.739. The molecule has 2 atom stereocenters. The maximum Gasteiger partial charge on any atom is 0.0756 e. The van der Waals surface area contributed by atoms with Crippen LogP contribution >= 0.6 is 0 Å². The van der Waals surface area contributed by atoms with Crippen LogP contribution in [-0.2, 0) is 0 Å². The van der Waals surface area contributed by atoms with Crippen LogP contribution in [0.2, 0.25) is 0 Å². The lowest BCUT2D eigenvalue weighted by atomic mass is 9.96. The molecule has 0 aliphatic rings. The largest absolute Gasteiger partial charge is 0.389 e. The average molecular weight is 244 g/mol. The summed E-state index contributed by atoms with van der Waals surface area (Å²) in [7, 11) is 0. The Labute approximate surface area is 107 Å². The van der Waals surface area contributed by atoms with Gasteiger partial charge in [0.25, 0.3) is 0 Å². The summed E-state index contributed by atoms with van der Waals surface area (Å²) in [5.41, 5.74) is 4.85. The highest BCUT2D eigenvalue weighted by Crippen LogP contribution is 2.18. The van der Waals surface area contributed by atoms with E-state index in [0.29, 0.717) is 18.6 Å². The van der Waals surface area contributed by atoms with Crippen molar-refractivity contribution in [3.8, 4) is 0 Å². The zero-order valence-electron chi connectivity index (χ0n) is 12.4. The Bertz CT molecular complexity index is 193. The summed E-state index contributed by atoms with van der Waals surface area (Å²) in [5, 5.41) is 10.0. The number of nitrogens with two attached hydrogens (primary N) is 1. The molecule has 0 aromatic rings. The van der Waals surface area contributed by atoms with Gasteiger partial charge in [-0.3, -0.25) is 4.90 Å². The van der Waals surface area contributed by atoms with Crippen molar-refractivity contribution in [1.82, 2.24) is 4.90 Å². The van der Waals surface area contributed by atoms with E-state index in [2.05, 4.69) is 32.6 Å². The molecule has 0 fully saturated rings. The molecule has 0 rings (SSSR count). The molecule has 0 amide bonds. The van der Waals surface area contributed by atoms with Crippen molar-refractivity contribution in [1.29, 1.82) is 0 Å². The van der Waals surface area contributed by atoms with Gasteiger partial charge < -0.3 is 10.8 Å². The van der Waals surface area contributed by atoms with Gasteiger partial charge in [0.05, 0.1) is 5.60 Å². The Morgan fingerprint density at radius 3 is 2.24 bits per heavy atom. The van der Waals surface area contributed by atoms with Crippen LogP contribution in [0.25, 0.3) is 0 Å². The van der Waals surface area contributed by atoms with E-state index in [4.69, 9.17) is 5.73 Å². The first-order valence-electron chi connectivity index (χ1n) is 7.02. The van der Waals surface area contributed by atoms with Gasteiger partial charge in [-0.2, -0.15) is 0 Å². The van der Waals surface area contributed by atoms with Gasteiger partial charge in [0.2, 0.25) is 0 Å². The van der Waals surface area contributed by atoms with E-state index in [0.717, 1.165) is 13.0 Å². The smallest absolute Gasteiger partial charge is 0.0756 e. The molecule has 0 heterocycles. The summed E-state index contributed by atoms with van der Waals surface area (Å²) < 4.78 is 0. The van der Waals surface area contributed by atoms with Crippen molar-refractivity contribution >= 4 is 0 Å². The van der Waals surface area contributed by atoms with Crippen LogP contribution in [-0.4, -0.2) is 40.8 Å². The molecule has 3 nitrogen and oxygen atoms in total. The first-order valence-corrected chi connectivity index (χ1v) is 7.02. The highest BCUT2D eigenvalue weighted by Gasteiger charge is 2.26. The lowest BCUT2D eigenvalue weighted by Crippen LogP contribution is -2.46. The van der Waals surface area contributed by atoms with Crippen molar-refractivity contribution in [2.75, 3.05) is 13.1 Å². The van der Waals surface area contributed by atoms with Gasteiger partial charge >= 0.3 is 0 Å². The van der Waals surface area contributed by atoms with Crippen molar-refractivity contribution in [2.24, 2.45) is 5.73 Å². The van der Waals surface area contributed by atoms with Crippen LogP contribution in [0.15, 0.2) is 0 Å². The van der Waals surface area contributed by atoms with E-state index in [1.165, 1.54) is 19.3 Å². The third-order valence-electron chi connectivity index (χ3n) is 3.42. The first-order chi connectivity index (χ1) is 7.84. The zero-order valence-corrected chi connectivity index (χ0v) is 12.4. The number of nitrogens with zero attached hydrogens (tertiary/aromatic N) is 1. The molecule has 0 aromatic carbocycles. The number of rotatable bonds is 9. The third kappa shape index (κ3) is 7.02. The Morgan fingerprint density at radius 1 is 1.24 bits per heavy atom. The molecule has 0 bridgehead atoms.